The van der Waals surface area contributed by atoms with Crippen LogP contribution in [-0.4, -0.2) is 12.9 Å². The zero-order valence-corrected chi connectivity index (χ0v) is 9.43. The lowest BCUT2D eigenvalue weighted by molar-refractivity contribution is 0.104. The number of thiophene rings is 1. The third-order valence-electron chi connectivity index (χ3n) is 2.82. The third-order valence-corrected chi connectivity index (χ3v) is 3.57. The molecule has 0 fully saturated rings. The highest BCUT2D eigenvalue weighted by atomic mass is 32.1. The lowest BCUT2D eigenvalue weighted by Gasteiger charge is -2.08. The Morgan fingerprint density at radius 1 is 1.19 bits per heavy atom. The predicted octanol–water partition coefficient (Wildman–Crippen LogP) is 2.55. The van der Waals surface area contributed by atoms with Gasteiger partial charge in [0, 0.05) is 27.8 Å². The third kappa shape index (κ3) is 0.994. The van der Waals surface area contributed by atoms with Crippen LogP contribution in [0.1, 0.15) is 15.9 Å². The fourth-order valence-electron chi connectivity index (χ4n) is 2.08. The lowest BCUT2D eigenvalue weighted by Crippen LogP contribution is -2.01. The van der Waals surface area contributed by atoms with Crippen molar-refractivity contribution in [2.45, 2.75) is 0 Å². The molecule has 0 unspecified atom stereocenters. The summed E-state index contributed by atoms with van der Waals surface area (Å²) in [5.74, 6) is 0.706. The number of ketones is 1. The smallest absolute Gasteiger partial charge is 0.197 e. The molecule has 0 saturated carbocycles. The number of nitrogen functional groups attached to an aromatic ring is 1. The van der Waals surface area contributed by atoms with Gasteiger partial charge in [0.1, 0.15) is 5.75 Å². The van der Waals surface area contributed by atoms with Crippen LogP contribution in [0.2, 0.25) is 0 Å². The van der Waals surface area contributed by atoms with E-state index in [2.05, 4.69) is 0 Å². The largest absolute Gasteiger partial charge is 0.496 e. The first-order chi connectivity index (χ1) is 7.74. The molecule has 1 aromatic carbocycles. The maximum Gasteiger partial charge on any atom is 0.197 e. The number of rotatable bonds is 1. The van der Waals surface area contributed by atoms with Crippen molar-refractivity contribution in [3.8, 4) is 16.9 Å². The van der Waals surface area contributed by atoms with Crippen LogP contribution < -0.4 is 10.5 Å². The topological polar surface area (TPSA) is 52.3 Å². The van der Waals surface area contributed by atoms with Crippen LogP contribution in [0, 0.1) is 0 Å². The molecule has 1 aliphatic rings. The second kappa shape index (κ2) is 3.09. The van der Waals surface area contributed by atoms with Gasteiger partial charge in [-0.2, -0.15) is 11.3 Å². The zero-order chi connectivity index (χ0) is 11.3. The first kappa shape index (κ1) is 9.42. The molecule has 2 N–H and O–H groups in total. The van der Waals surface area contributed by atoms with E-state index < -0.39 is 0 Å². The van der Waals surface area contributed by atoms with Gasteiger partial charge in [0.2, 0.25) is 0 Å². The number of anilines is 1. The Bertz CT molecular complexity index is 601. The van der Waals surface area contributed by atoms with Crippen LogP contribution in [0.15, 0.2) is 22.9 Å². The molecule has 3 rings (SSSR count). The number of ether oxygens (including phenoxy) is 1. The second-order valence-corrected chi connectivity index (χ2v) is 4.38. The molecule has 16 heavy (non-hydrogen) atoms. The second-order valence-electron chi connectivity index (χ2n) is 3.64. The summed E-state index contributed by atoms with van der Waals surface area (Å²) in [4.78, 5) is 12.1. The van der Waals surface area contributed by atoms with E-state index in [0.717, 1.165) is 16.7 Å². The first-order valence-corrected chi connectivity index (χ1v) is 5.76. The van der Waals surface area contributed by atoms with Crippen molar-refractivity contribution < 1.29 is 9.53 Å². The van der Waals surface area contributed by atoms with Gasteiger partial charge < -0.3 is 10.5 Å². The van der Waals surface area contributed by atoms with E-state index in [1.54, 1.807) is 19.2 Å². The molecule has 0 spiro atoms. The van der Waals surface area contributed by atoms with Gasteiger partial charge in [-0.3, -0.25) is 4.79 Å². The predicted molar refractivity (Wildman–Crippen MR) is 64.2 cm³/mol. The fourth-order valence-corrected chi connectivity index (χ4v) is 2.90. The minimum absolute atomic E-state index is 0.00245. The van der Waals surface area contributed by atoms with Gasteiger partial charge in [-0.15, -0.1) is 0 Å². The van der Waals surface area contributed by atoms with Crippen molar-refractivity contribution in [3.05, 3.63) is 34.0 Å². The van der Waals surface area contributed by atoms with Crippen LogP contribution in [0.5, 0.6) is 5.75 Å². The standard InChI is InChI=1S/C12H9NO2S/c1-15-9-3-2-8(13)11-10(9)6-4-16-5-7(6)12(11)14/h2-5H,13H2,1H3. The molecular formula is C12H9NO2S. The molecular weight excluding hydrogens is 222 g/mol. The molecule has 1 heterocycles. The monoisotopic (exact) mass is 231 g/mol. The van der Waals surface area contributed by atoms with Crippen LogP contribution in [0.25, 0.3) is 11.1 Å². The Hall–Kier alpha value is -1.81. The summed E-state index contributed by atoms with van der Waals surface area (Å²) in [6, 6.07) is 3.51. The maximum atomic E-state index is 12.1. The minimum Gasteiger partial charge on any atom is -0.496 e. The van der Waals surface area contributed by atoms with Crippen molar-refractivity contribution in [3.63, 3.8) is 0 Å². The summed E-state index contributed by atoms with van der Waals surface area (Å²) in [7, 11) is 1.60. The van der Waals surface area contributed by atoms with Crippen molar-refractivity contribution in [2.75, 3.05) is 12.8 Å². The molecule has 0 radical (unpaired) electrons. The number of hydrogen-bond donors (Lipinski definition) is 1. The molecule has 0 amide bonds. The summed E-state index contributed by atoms with van der Waals surface area (Å²) in [6.45, 7) is 0. The van der Waals surface area contributed by atoms with Crippen LogP contribution >= 0.6 is 11.3 Å². The number of carbonyl (C=O) groups is 1. The van der Waals surface area contributed by atoms with Gasteiger partial charge in [-0.05, 0) is 17.5 Å². The van der Waals surface area contributed by atoms with E-state index in [4.69, 9.17) is 10.5 Å². The van der Waals surface area contributed by atoms with Crippen molar-refractivity contribution >= 4 is 22.8 Å². The number of carbonyl (C=O) groups excluding carboxylic acids is 1. The number of hydrogen-bond acceptors (Lipinski definition) is 4. The Morgan fingerprint density at radius 2 is 1.94 bits per heavy atom. The molecule has 3 nitrogen and oxygen atoms in total. The maximum absolute atomic E-state index is 12.1. The van der Waals surface area contributed by atoms with Gasteiger partial charge in [-0.25, -0.2) is 0 Å². The molecule has 1 aliphatic carbocycles. The van der Waals surface area contributed by atoms with E-state index in [1.165, 1.54) is 11.3 Å². The Kier molecular flexibility index (Phi) is 1.82. The SMILES string of the molecule is COc1ccc(N)c2c1-c1cscc1C2=O. The van der Waals surface area contributed by atoms with Crippen molar-refractivity contribution in [1.29, 1.82) is 0 Å². The van der Waals surface area contributed by atoms with E-state index >= 15 is 0 Å². The normalized spacial score (nSPS) is 12.4. The Labute approximate surface area is 96.5 Å². The molecule has 0 saturated heterocycles. The van der Waals surface area contributed by atoms with Gasteiger partial charge >= 0.3 is 0 Å². The van der Waals surface area contributed by atoms with E-state index in [0.29, 0.717) is 17.0 Å². The highest BCUT2D eigenvalue weighted by Gasteiger charge is 2.32. The number of methoxy groups -OCH3 is 1. The van der Waals surface area contributed by atoms with Crippen LogP contribution in [0.3, 0.4) is 0 Å². The number of fused-ring (bicyclic) bond motifs is 3. The molecule has 2 aromatic rings. The van der Waals surface area contributed by atoms with Crippen LogP contribution in [-0.2, 0) is 0 Å². The summed E-state index contributed by atoms with van der Waals surface area (Å²) >= 11 is 1.52. The Morgan fingerprint density at radius 3 is 2.69 bits per heavy atom. The molecule has 0 atom stereocenters. The molecule has 4 heteroatoms. The van der Waals surface area contributed by atoms with Crippen molar-refractivity contribution in [1.82, 2.24) is 0 Å². The number of nitrogens with two attached hydrogens (primary N) is 1. The summed E-state index contributed by atoms with van der Waals surface area (Å²) < 4.78 is 5.28. The average Bonchev–Trinajstić information content (AvgIpc) is 2.84. The lowest BCUT2D eigenvalue weighted by atomic mass is 10.0. The molecule has 80 valence electrons. The molecule has 1 aromatic heterocycles. The highest BCUT2D eigenvalue weighted by Crippen LogP contribution is 2.46. The van der Waals surface area contributed by atoms with E-state index in [1.807, 2.05) is 10.8 Å². The van der Waals surface area contributed by atoms with Gasteiger partial charge in [0.05, 0.1) is 12.7 Å². The van der Waals surface area contributed by atoms with Gasteiger partial charge in [-0.1, -0.05) is 0 Å². The minimum atomic E-state index is 0.00245. The zero-order valence-electron chi connectivity index (χ0n) is 8.61. The van der Waals surface area contributed by atoms with Gasteiger partial charge in [0.15, 0.2) is 5.78 Å². The van der Waals surface area contributed by atoms with Crippen LogP contribution in [0.4, 0.5) is 5.69 Å². The summed E-state index contributed by atoms with van der Waals surface area (Å²) in [6.07, 6.45) is 0. The molecule has 0 bridgehead atoms. The fraction of sp³-hybridized carbons (Fsp3) is 0.0833. The van der Waals surface area contributed by atoms with E-state index in [9.17, 15) is 4.79 Å². The van der Waals surface area contributed by atoms with E-state index in [-0.39, 0.29) is 5.78 Å². The first-order valence-electron chi connectivity index (χ1n) is 4.81. The summed E-state index contributed by atoms with van der Waals surface area (Å²) in [5.41, 5.74) is 9.46. The summed E-state index contributed by atoms with van der Waals surface area (Å²) in [5, 5.41) is 3.82. The van der Waals surface area contributed by atoms with Crippen molar-refractivity contribution in [2.24, 2.45) is 0 Å². The van der Waals surface area contributed by atoms with Gasteiger partial charge in [0.25, 0.3) is 0 Å². The average molecular weight is 231 g/mol. The Balaban J connectivity index is 2.43. The molecule has 0 aliphatic heterocycles. The number of benzene rings is 1. The quantitative estimate of drug-likeness (QED) is 0.655. The highest BCUT2D eigenvalue weighted by molar-refractivity contribution is 7.08.